The summed E-state index contributed by atoms with van der Waals surface area (Å²) in [5, 5.41) is 8.59. The van der Waals surface area contributed by atoms with Crippen molar-refractivity contribution in [3.05, 3.63) is 65.7 Å². The first kappa shape index (κ1) is 18.6. The quantitative estimate of drug-likeness (QED) is 0.697. The van der Waals surface area contributed by atoms with Crippen molar-refractivity contribution >= 4 is 34.8 Å². The molecule has 0 atom stereocenters. The fourth-order valence-corrected chi connectivity index (χ4v) is 2.42. The molecule has 6 heteroatoms. The normalized spacial score (nSPS) is 9.96. The highest BCUT2D eigenvalue weighted by Gasteiger charge is 2.08. The number of nitrogens with one attached hydrogen (secondary N) is 3. The van der Waals surface area contributed by atoms with Crippen LogP contribution in [0.2, 0.25) is 0 Å². The molecule has 0 fully saturated rings. The molecule has 2 amide bonds. The topological polar surface area (TPSA) is 70.2 Å². The van der Waals surface area contributed by atoms with E-state index in [9.17, 15) is 9.59 Å². The summed E-state index contributed by atoms with van der Waals surface area (Å²) in [7, 11) is 0. The van der Waals surface area contributed by atoms with Crippen LogP contribution in [0.5, 0.6) is 0 Å². The van der Waals surface area contributed by atoms with E-state index >= 15 is 0 Å². The SMILES string of the molecule is CCCNC(=O)c1cccc(NC(=S)NC(=O)Cc2ccccc2)c1. The van der Waals surface area contributed by atoms with Gasteiger partial charge < -0.3 is 16.0 Å². The maximum Gasteiger partial charge on any atom is 0.251 e. The average molecular weight is 355 g/mol. The average Bonchev–Trinajstić information content (AvgIpc) is 2.60. The lowest BCUT2D eigenvalue weighted by molar-refractivity contribution is -0.119. The molecule has 2 rings (SSSR count). The summed E-state index contributed by atoms with van der Waals surface area (Å²) in [6, 6.07) is 16.4. The van der Waals surface area contributed by atoms with Crippen LogP contribution < -0.4 is 16.0 Å². The second-order valence-corrected chi connectivity index (χ2v) is 5.91. The summed E-state index contributed by atoms with van der Waals surface area (Å²) in [5.74, 6) is -0.329. The number of thiocarbonyl (C=S) groups is 1. The van der Waals surface area contributed by atoms with Crippen LogP contribution in [0.4, 0.5) is 5.69 Å². The molecule has 0 saturated heterocycles. The highest BCUT2D eigenvalue weighted by molar-refractivity contribution is 7.80. The van der Waals surface area contributed by atoms with Crippen LogP contribution in [-0.2, 0) is 11.2 Å². The molecule has 0 radical (unpaired) electrons. The molecular formula is C19H21N3O2S. The lowest BCUT2D eigenvalue weighted by Gasteiger charge is -2.11. The largest absolute Gasteiger partial charge is 0.352 e. The Balaban J connectivity index is 1.89. The Morgan fingerprint density at radius 2 is 1.80 bits per heavy atom. The zero-order valence-electron chi connectivity index (χ0n) is 14.0. The molecule has 0 heterocycles. The molecule has 0 aliphatic rings. The van der Waals surface area contributed by atoms with Crippen LogP contribution in [0.25, 0.3) is 0 Å². The van der Waals surface area contributed by atoms with Crippen molar-refractivity contribution in [3.63, 3.8) is 0 Å². The van der Waals surface area contributed by atoms with E-state index in [1.165, 1.54) is 0 Å². The van der Waals surface area contributed by atoms with Crippen molar-refractivity contribution in [1.29, 1.82) is 0 Å². The molecule has 0 saturated carbocycles. The van der Waals surface area contributed by atoms with Gasteiger partial charge in [0, 0.05) is 17.8 Å². The molecule has 0 aromatic heterocycles. The molecule has 130 valence electrons. The number of benzene rings is 2. The number of carbonyl (C=O) groups excluding carboxylic acids is 2. The van der Waals surface area contributed by atoms with Gasteiger partial charge >= 0.3 is 0 Å². The summed E-state index contributed by atoms with van der Waals surface area (Å²) >= 11 is 5.16. The highest BCUT2D eigenvalue weighted by Crippen LogP contribution is 2.10. The Kier molecular flexibility index (Phi) is 7.10. The van der Waals surface area contributed by atoms with Crippen molar-refractivity contribution in [3.8, 4) is 0 Å². The van der Waals surface area contributed by atoms with Crippen molar-refractivity contribution in [2.75, 3.05) is 11.9 Å². The van der Waals surface area contributed by atoms with Crippen LogP contribution in [0.15, 0.2) is 54.6 Å². The van der Waals surface area contributed by atoms with Crippen molar-refractivity contribution in [2.24, 2.45) is 0 Å². The number of hydrogen-bond donors (Lipinski definition) is 3. The lowest BCUT2D eigenvalue weighted by atomic mass is 10.1. The van der Waals surface area contributed by atoms with Crippen LogP contribution in [0.1, 0.15) is 29.3 Å². The van der Waals surface area contributed by atoms with Gasteiger partial charge in [-0.05, 0) is 42.4 Å². The molecule has 0 aliphatic carbocycles. The van der Waals surface area contributed by atoms with E-state index in [0.29, 0.717) is 17.8 Å². The minimum atomic E-state index is -0.194. The highest BCUT2D eigenvalue weighted by atomic mass is 32.1. The maximum atomic E-state index is 12.0. The van der Waals surface area contributed by atoms with Gasteiger partial charge in [-0.1, -0.05) is 43.3 Å². The van der Waals surface area contributed by atoms with Crippen LogP contribution in [0.3, 0.4) is 0 Å². The van der Waals surface area contributed by atoms with Crippen molar-refractivity contribution in [1.82, 2.24) is 10.6 Å². The molecule has 0 aliphatic heterocycles. The second kappa shape index (κ2) is 9.54. The lowest BCUT2D eigenvalue weighted by Crippen LogP contribution is -2.35. The molecule has 2 aromatic rings. The number of hydrogen-bond acceptors (Lipinski definition) is 3. The summed E-state index contributed by atoms with van der Waals surface area (Å²) in [6.45, 7) is 2.62. The van der Waals surface area contributed by atoms with Crippen LogP contribution in [-0.4, -0.2) is 23.5 Å². The molecule has 0 unspecified atom stereocenters. The first-order chi connectivity index (χ1) is 12.1. The Hall–Kier alpha value is -2.73. The number of amides is 2. The first-order valence-electron chi connectivity index (χ1n) is 8.11. The Labute approximate surface area is 152 Å². The molecule has 25 heavy (non-hydrogen) atoms. The van der Waals surface area contributed by atoms with Gasteiger partial charge in [0.2, 0.25) is 5.91 Å². The van der Waals surface area contributed by atoms with E-state index in [-0.39, 0.29) is 23.3 Å². The van der Waals surface area contributed by atoms with Gasteiger partial charge in [0.1, 0.15) is 0 Å². The van der Waals surface area contributed by atoms with E-state index in [1.54, 1.807) is 24.3 Å². The van der Waals surface area contributed by atoms with Gasteiger partial charge in [0.25, 0.3) is 5.91 Å². The predicted octanol–water partition coefficient (Wildman–Crippen LogP) is 2.88. The Morgan fingerprint density at radius 3 is 2.52 bits per heavy atom. The molecular weight excluding hydrogens is 334 g/mol. The van der Waals surface area contributed by atoms with E-state index in [1.807, 2.05) is 37.3 Å². The van der Waals surface area contributed by atoms with E-state index in [4.69, 9.17) is 12.2 Å². The smallest absolute Gasteiger partial charge is 0.251 e. The van der Waals surface area contributed by atoms with Crippen LogP contribution in [0, 0.1) is 0 Å². The van der Waals surface area contributed by atoms with E-state index in [2.05, 4.69) is 16.0 Å². The third kappa shape index (κ3) is 6.35. The van der Waals surface area contributed by atoms with Gasteiger partial charge in [-0.15, -0.1) is 0 Å². The third-order valence-corrected chi connectivity index (χ3v) is 3.58. The minimum Gasteiger partial charge on any atom is -0.352 e. The monoisotopic (exact) mass is 355 g/mol. The summed E-state index contributed by atoms with van der Waals surface area (Å²) < 4.78 is 0. The van der Waals surface area contributed by atoms with E-state index in [0.717, 1.165) is 12.0 Å². The third-order valence-electron chi connectivity index (χ3n) is 3.38. The Bertz CT molecular complexity index is 747. The zero-order chi connectivity index (χ0) is 18.1. The van der Waals surface area contributed by atoms with E-state index < -0.39 is 0 Å². The second-order valence-electron chi connectivity index (χ2n) is 5.50. The van der Waals surface area contributed by atoms with Crippen LogP contribution >= 0.6 is 12.2 Å². The summed E-state index contributed by atoms with van der Waals surface area (Å²) in [6.07, 6.45) is 1.13. The standard InChI is InChI=1S/C19H21N3O2S/c1-2-11-20-18(24)15-9-6-10-16(13-15)21-19(25)22-17(23)12-14-7-4-3-5-8-14/h3-10,13H,2,11-12H2,1H3,(H,20,24)(H2,21,22,23,25). The van der Waals surface area contributed by atoms with Gasteiger partial charge in [-0.3, -0.25) is 9.59 Å². The molecule has 0 bridgehead atoms. The molecule has 0 spiro atoms. The van der Waals surface area contributed by atoms with Crippen molar-refractivity contribution < 1.29 is 9.59 Å². The summed E-state index contributed by atoms with van der Waals surface area (Å²) in [4.78, 5) is 24.0. The summed E-state index contributed by atoms with van der Waals surface area (Å²) in [5.41, 5.74) is 2.10. The zero-order valence-corrected chi connectivity index (χ0v) is 14.9. The van der Waals surface area contributed by atoms with Gasteiger partial charge in [0.15, 0.2) is 5.11 Å². The predicted molar refractivity (Wildman–Crippen MR) is 104 cm³/mol. The van der Waals surface area contributed by atoms with Gasteiger partial charge in [-0.25, -0.2) is 0 Å². The fourth-order valence-electron chi connectivity index (χ4n) is 2.19. The number of rotatable bonds is 6. The molecule has 2 aromatic carbocycles. The molecule has 3 N–H and O–H groups in total. The Morgan fingerprint density at radius 1 is 1.04 bits per heavy atom. The number of anilines is 1. The minimum absolute atomic E-state index is 0.135. The fraction of sp³-hybridized carbons (Fsp3) is 0.211. The van der Waals surface area contributed by atoms with Gasteiger partial charge in [-0.2, -0.15) is 0 Å². The maximum absolute atomic E-state index is 12.0. The van der Waals surface area contributed by atoms with Gasteiger partial charge in [0.05, 0.1) is 6.42 Å². The number of carbonyl (C=O) groups is 2. The molecule has 5 nitrogen and oxygen atoms in total. The first-order valence-corrected chi connectivity index (χ1v) is 8.52. The van der Waals surface area contributed by atoms with Crippen molar-refractivity contribution in [2.45, 2.75) is 19.8 Å².